The number of para-hydroxylation sites is 1. The van der Waals surface area contributed by atoms with Crippen molar-refractivity contribution < 1.29 is 19.0 Å². The first-order valence-corrected chi connectivity index (χ1v) is 9.16. The summed E-state index contributed by atoms with van der Waals surface area (Å²) in [6.07, 6.45) is 2.18. The van der Waals surface area contributed by atoms with Crippen molar-refractivity contribution in [3.05, 3.63) is 46.9 Å². The molecule has 0 aliphatic rings. The SMILES string of the molecule is C=CCN(Cc1csc(COc2c(OC)cccc2OC)n1)C(=O)CC. The van der Waals surface area contributed by atoms with E-state index in [0.717, 1.165) is 10.7 Å². The van der Waals surface area contributed by atoms with Gasteiger partial charge in [-0.3, -0.25) is 4.79 Å². The second-order valence-electron chi connectivity index (χ2n) is 5.43. The van der Waals surface area contributed by atoms with Gasteiger partial charge in [0.2, 0.25) is 11.7 Å². The van der Waals surface area contributed by atoms with E-state index in [4.69, 9.17) is 14.2 Å². The van der Waals surface area contributed by atoms with Crippen LogP contribution in [-0.2, 0) is 17.9 Å². The molecule has 1 amide bonds. The van der Waals surface area contributed by atoms with Crippen molar-refractivity contribution in [2.45, 2.75) is 26.5 Å². The third-order valence-corrected chi connectivity index (χ3v) is 4.55. The van der Waals surface area contributed by atoms with Gasteiger partial charge in [0.05, 0.1) is 26.5 Å². The summed E-state index contributed by atoms with van der Waals surface area (Å²) in [6.45, 7) is 6.82. The molecular formula is C19H24N2O4S. The molecule has 0 saturated carbocycles. The highest BCUT2D eigenvalue weighted by atomic mass is 32.1. The summed E-state index contributed by atoms with van der Waals surface area (Å²) in [4.78, 5) is 18.3. The zero-order chi connectivity index (χ0) is 18.9. The lowest BCUT2D eigenvalue weighted by Crippen LogP contribution is -2.30. The molecule has 6 nitrogen and oxygen atoms in total. The Bertz CT molecular complexity index is 723. The van der Waals surface area contributed by atoms with Gasteiger partial charge in [-0.05, 0) is 12.1 Å². The highest BCUT2D eigenvalue weighted by Gasteiger charge is 2.15. The molecule has 0 radical (unpaired) electrons. The summed E-state index contributed by atoms with van der Waals surface area (Å²) in [7, 11) is 3.17. The van der Waals surface area contributed by atoms with Crippen molar-refractivity contribution in [2.24, 2.45) is 0 Å². The minimum atomic E-state index is 0.0782. The van der Waals surface area contributed by atoms with Crippen LogP contribution in [0.3, 0.4) is 0 Å². The third kappa shape index (κ3) is 4.98. The van der Waals surface area contributed by atoms with Crippen LogP contribution in [0.5, 0.6) is 17.2 Å². The van der Waals surface area contributed by atoms with E-state index in [1.54, 1.807) is 25.2 Å². The minimum absolute atomic E-state index is 0.0782. The number of carbonyl (C=O) groups is 1. The maximum absolute atomic E-state index is 12.0. The number of carbonyl (C=O) groups excluding carboxylic acids is 1. The van der Waals surface area contributed by atoms with Gasteiger partial charge in [0.15, 0.2) is 11.5 Å². The van der Waals surface area contributed by atoms with Gasteiger partial charge in [-0.1, -0.05) is 19.1 Å². The van der Waals surface area contributed by atoms with Crippen LogP contribution in [0, 0.1) is 0 Å². The van der Waals surface area contributed by atoms with Crippen LogP contribution >= 0.6 is 11.3 Å². The number of hydrogen-bond acceptors (Lipinski definition) is 6. The molecular weight excluding hydrogens is 352 g/mol. The van der Waals surface area contributed by atoms with Gasteiger partial charge >= 0.3 is 0 Å². The fourth-order valence-corrected chi connectivity index (χ4v) is 3.11. The highest BCUT2D eigenvalue weighted by molar-refractivity contribution is 7.09. The molecule has 0 bridgehead atoms. The molecule has 0 N–H and O–H groups in total. The number of rotatable bonds is 10. The Morgan fingerprint density at radius 1 is 1.31 bits per heavy atom. The van der Waals surface area contributed by atoms with Gasteiger partial charge in [-0.2, -0.15) is 0 Å². The van der Waals surface area contributed by atoms with Crippen molar-refractivity contribution in [3.8, 4) is 17.2 Å². The predicted octanol–water partition coefficient (Wildman–Crippen LogP) is 3.66. The molecule has 0 unspecified atom stereocenters. The maximum Gasteiger partial charge on any atom is 0.222 e. The fourth-order valence-electron chi connectivity index (χ4n) is 2.41. The van der Waals surface area contributed by atoms with Gasteiger partial charge < -0.3 is 19.1 Å². The fraction of sp³-hybridized carbons (Fsp3) is 0.368. The molecule has 1 heterocycles. The monoisotopic (exact) mass is 376 g/mol. The van der Waals surface area contributed by atoms with Crippen molar-refractivity contribution in [1.82, 2.24) is 9.88 Å². The largest absolute Gasteiger partial charge is 0.493 e. The molecule has 2 aromatic rings. The average Bonchev–Trinajstić information content (AvgIpc) is 3.12. The number of hydrogen-bond donors (Lipinski definition) is 0. The first-order valence-electron chi connectivity index (χ1n) is 8.28. The number of amides is 1. The number of benzene rings is 1. The van der Waals surface area contributed by atoms with Crippen LogP contribution in [0.1, 0.15) is 24.0 Å². The quantitative estimate of drug-likeness (QED) is 0.592. The van der Waals surface area contributed by atoms with Gasteiger partial charge in [0.25, 0.3) is 0 Å². The maximum atomic E-state index is 12.0. The Balaban J connectivity index is 2.05. The molecule has 0 atom stereocenters. The van der Waals surface area contributed by atoms with Crippen LogP contribution in [0.15, 0.2) is 36.2 Å². The summed E-state index contributed by atoms with van der Waals surface area (Å²) in [5, 5.41) is 2.76. The van der Waals surface area contributed by atoms with Crippen LogP contribution in [0.2, 0.25) is 0 Å². The van der Waals surface area contributed by atoms with E-state index >= 15 is 0 Å². The van der Waals surface area contributed by atoms with E-state index in [1.165, 1.54) is 11.3 Å². The summed E-state index contributed by atoms with van der Waals surface area (Å²) in [5.74, 6) is 1.83. The molecule has 1 aromatic carbocycles. The lowest BCUT2D eigenvalue weighted by molar-refractivity contribution is -0.130. The van der Waals surface area contributed by atoms with Crippen molar-refractivity contribution in [1.29, 1.82) is 0 Å². The average molecular weight is 376 g/mol. The van der Waals surface area contributed by atoms with Crippen LogP contribution in [-0.4, -0.2) is 36.6 Å². The standard InChI is InChI=1S/C19H24N2O4S/c1-5-10-21(18(22)6-2)11-14-13-26-17(20-14)12-25-19-15(23-3)8-7-9-16(19)24-4/h5,7-9,13H,1,6,10-12H2,2-4H3. The molecule has 2 rings (SSSR count). The highest BCUT2D eigenvalue weighted by Crippen LogP contribution is 2.37. The topological polar surface area (TPSA) is 60.9 Å². The molecule has 0 fully saturated rings. The molecule has 7 heteroatoms. The van der Waals surface area contributed by atoms with E-state index in [0.29, 0.717) is 43.4 Å². The van der Waals surface area contributed by atoms with Gasteiger partial charge in [-0.25, -0.2) is 4.98 Å². The Morgan fingerprint density at radius 2 is 2.00 bits per heavy atom. The summed E-state index contributed by atoms with van der Waals surface area (Å²) >= 11 is 1.49. The lowest BCUT2D eigenvalue weighted by Gasteiger charge is -2.19. The van der Waals surface area contributed by atoms with Crippen LogP contribution in [0.25, 0.3) is 0 Å². The molecule has 26 heavy (non-hydrogen) atoms. The van der Waals surface area contributed by atoms with Crippen LogP contribution in [0.4, 0.5) is 0 Å². The second-order valence-corrected chi connectivity index (χ2v) is 6.37. The van der Waals surface area contributed by atoms with E-state index in [-0.39, 0.29) is 5.91 Å². The van der Waals surface area contributed by atoms with Gasteiger partial charge in [0.1, 0.15) is 11.6 Å². The molecule has 140 valence electrons. The lowest BCUT2D eigenvalue weighted by atomic mass is 10.3. The number of aromatic nitrogens is 1. The first-order chi connectivity index (χ1) is 12.6. The van der Waals surface area contributed by atoms with E-state index in [2.05, 4.69) is 11.6 Å². The number of methoxy groups -OCH3 is 2. The van der Waals surface area contributed by atoms with E-state index in [1.807, 2.05) is 30.5 Å². The van der Waals surface area contributed by atoms with Crippen molar-refractivity contribution in [2.75, 3.05) is 20.8 Å². The molecule has 0 spiro atoms. The molecule has 0 saturated heterocycles. The third-order valence-electron chi connectivity index (χ3n) is 3.68. The van der Waals surface area contributed by atoms with Crippen molar-refractivity contribution >= 4 is 17.2 Å². The number of thiazole rings is 1. The van der Waals surface area contributed by atoms with Crippen molar-refractivity contribution in [3.63, 3.8) is 0 Å². The second kappa shape index (κ2) is 9.82. The normalized spacial score (nSPS) is 10.3. The zero-order valence-electron chi connectivity index (χ0n) is 15.4. The summed E-state index contributed by atoms with van der Waals surface area (Å²) < 4.78 is 16.5. The Kier molecular flexibility index (Phi) is 7.47. The molecule has 0 aliphatic heterocycles. The Morgan fingerprint density at radius 3 is 2.58 bits per heavy atom. The number of ether oxygens (including phenoxy) is 3. The summed E-state index contributed by atoms with van der Waals surface area (Å²) in [6, 6.07) is 5.47. The predicted molar refractivity (Wildman–Crippen MR) is 102 cm³/mol. The smallest absolute Gasteiger partial charge is 0.222 e. The summed E-state index contributed by atoms with van der Waals surface area (Å²) in [5.41, 5.74) is 0.837. The first kappa shape index (κ1) is 19.8. The van der Waals surface area contributed by atoms with Gasteiger partial charge in [0, 0.05) is 18.3 Å². The molecule has 0 aliphatic carbocycles. The Labute approximate surface area is 158 Å². The Hall–Kier alpha value is -2.54. The number of nitrogens with zero attached hydrogens (tertiary/aromatic N) is 2. The van der Waals surface area contributed by atoms with E-state index < -0.39 is 0 Å². The van der Waals surface area contributed by atoms with Crippen LogP contribution < -0.4 is 14.2 Å². The molecule has 1 aromatic heterocycles. The minimum Gasteiger partial charge on any atom is -0.493 e. The van der Waals surface area contributed by atoms with Gasteiger partial charge in [-0.15, -0.1) is 17.9 Å². The zero-order valence-corrected chi connectivity index (χ0v) is 16.2. The van der Waals surface area contributed by atoms with E-state index in [9.17, 15) is 4.79 Å².